The molecule has 0 radical (unpaired) electrons. The molecule has 5 atom stereocenters. The molecule has 1 saturated heterocycles. The van der Waals surface area contributed by atoms with Gasteiger partial charge in [-0.25, -0.2) is 0 Å². The van der Waals surface area contributed by atoms with Crippen LogP contribution in [0, 0.1) is 12.8 Å². The molecular weight excluding hydrogens is 464 g/mol. The normalized spacial score (nSPS) is 33.8. The lowest BCUT2D eigenvalue weighted by Gasteiger charge is -2.64. The van der Waals surface area contributed by atoms with Crippen molar-refractivity contribution in [2.45, 2.75) is 74.7 Å². The molecule has 0 unspecified atom stereocenters. The van der Waals surface area contributed by atoms with E-state index in [-0.39, 0.29) is 29.8 Å². The monoisotopic (exact) mass is 500 g/mol. The molecule has 37 heavy (non-hydrogen) atoms. The van der Waals surface area contributed by atoms with Gasteiger partial charge in [0.05, 0.1) is 17.1 Å². The Balaban J connectivity index is 1.24. The second-order valence-electron chi connectivity index (χ2n) is 12.1. The van der Waals surface area contributed by atoms with Gasteiger partial charge in [-0.1, -0.05) is 35.9 Å². The predicted molar refractivity (Wildman–Crippen MR) is 142 cm³/mol. The summed E-state index contributed by atoms with van der Waals surface area (Å²) in [4.78, 5) is 17.7. The number of aromatic hydroxyl groups is 1. The van der Waals surface area contributed by atoms with E-state index in [4.69, 9.17) is 4.74 Å². The number of hydrogen-bond acceptors (Lipinski definition) is 5. The molecular formula is C31H36N2O4. The highest BCUT2D eigenvalue weighted by molar-refractivity contribution is 5.92. The van der Waals surface area contributed by atoms with Crippen molar-refractivity contribution in [2.75, 3.05) is 20.1 Å². The van der Waals surface area contributed by atoms with E-state index in [0.29, 0.717) is 18.6 Å². The first-order chi connectivity index (χ1) is 17.8. The molecule has 2 aromatic carbocycles. The lowest BCUT2D eigenvalue weighted by molar-refractivity contribution is -0.200. The van der Waals surface area contributed by atoms with Crippen LogP contribution in [-0.4, -0.2) is 69.8 Å². The van der Waals surface area contributed by atoms with E-state index in [9.17, 15) is 15.0 Å². The van der Waals surface area contributed by atoms with Crippen LogP contribution in [0.3, 0.4) is 0 Å². The largest absolute Gasteiger partial charge is 0.504 e. The SMILES string of the molecule is Cc1ccc(/C=C/C(=O)N(C)[C@@H]2CC[C@@]3(O)[C@@H]4Cc5ccc(O)c6c5[C@@]3(CCN4CC3CC3)[C@H]2O6)cc1. The van der Waals surface area contributed by atoms with Crippen molar-refractivity contribution in [3.63, 3.8) is 0 Å². The molecule has 194 valence electrons. The molecule has 2 aliphatic heterocycles. The molecule has 1 spiro atoms. The first-order valence-electron chi connectivity index (χ1n) is 13.8. The summed E-state index contributed by atoms with van der Waals surface area (Å²) in [6.07, 6.45) is 8.53. The maximum Gasteiger partial charge on any atom is 0.246 e. The van der Waals surface area contributed by atoms with Gasteiger partial charge in [0.15, 0.2) is 11.5 Å². The molecule has 2 N–H and O–H groups in total. The number of amides is 1. The third kappa shape index (κ3) is 3.28. The summed E-state index contributed by atoms with van der Waals surface area (Å²) >= 11 is 0. The number of phenols is 1. The zero-order valence-electron chi connectivity index (χ0n) is 21.7. The van der Waals surface area contributed by atoms with E-state index in [2.05, 4.69) is 4.90 Å². The number of carbonyl (C=O) groups is 1. The number of ether oxygens (including phenoxy) is 1. The molecule has 5 aliphatic rings. The number of rotatable bonds is 5. The average molecular weight is 501 g/mol. The lowest BCUT2D eigenvalue weighted by Crippen LogP contribution is -2.78. The van der Waals surface area contributed by atoms with Gasteiger partial charge in [-0.2, -0.15) is 0 Å². The number of benzene rings is 2. The number of aryl methyl sites for hydroxylation is 1. The molecule has 2 heterocycles. The highest BCUT2D eigenvalue weighted by atomic mass is 16.5. The molecule has 7 rings (SSSR count). The predicted octanol–water partition coefficient (Wildman–Crippen LogP) is 3.81. The summed E-state index contributed by atoms with van der Waals surface area (Å²) in [5.41, 5.74) is 2.81. The third-order valence-electron chi connectivity index (χ3n) is 10.1. The fraction of sp³-hybridized carbons (Fsp3) is 0.516. The molecule has 1 amide bonds. The van der Waals surface area contributed by atoms with E-state index in [1.165, 1.54) is 24.0 Å². The van der Waals surface area contributed by atoms with Gasteiger partial charge in [0, 0.05) is 31.3 Å². The fourth-order valence-electron chi connectivity index (χ4n) is 7.98. The van der Waals surface area contributed by atoms with Crippen LogP contribution >= 0.6 is 0 Å². The highest BCUT2D eigenvalue weighted by Gasteiger charge is 2.73. The third-order valence-corrected chi connectivity index (χ3v) is 10.1. The summed E-state index contributed by atoms with van der Waals surface area (Å²) < 4.78 is 6.62. The van der Waals surface area contributed by atoms with E-state index >= 15 is 0 Å². The van der Waals surface area contributed by atoms with Gasteiger partial charge in [0.1, 0.15) is 6.10 Å². The molecule has 0 aromatic heterocycles. The van der Waals surface area contributed by atoms with E-state index in [1.807, 2.05) is 50.4 Å². The first kappa shape index (κ1) is 23.3. The minimum atomic E-state index is -0.936. The van der Waals surface area contributed by atoms with Crippen LogP contribution in [0.5, 0.6) is 11.5 Å². The Hall–Kier alpha value is -2.83. The van der Waals surface area contributed by atoms with Crippen molar-refractivity contribution >= 4 is 12.0 Å². The number of likely N-dealkylation sites (tertiary alicyclic amines) is 1. The van der Waals surface area contributed by atoms with E-state index in [1.54, 1.807) is 17.0 Å². The molecule has 6 heteroatoms. The molecule has 3 aliphatic carbocycles. The van der Waals surface area contributed by atoms with Crippen LogP contribution in [0.1, 0.15) is 54.4 Å². The van der Waals surface area contributed by atoms with Crippen molar-refractivity contribution in [3.05, 3.63) is 64.7 Å². The second-order valence-corrected chi connectivity index (χ2v) is 12.1. The number of carbonyl (C=O) groups excluding carboxylic acids is 1. The minimum absolute atomic E-state index is 0.0410. The number of piperidine rings is 1. The van der Waals surface area contributed by atoms with Gasteiger partial charge in [0.25, 0.3) is 0 Å². The van der Waals surface area contributed by atoms with Crippen molar-refractivity contribution in [1.29, 1.82) is 0 Å². The minimum Gasteiger partial charge on any atom is -0.504 e. The Morgan fingerprint density at radius 1 is 1.16 bits per heavy atom. The van der Waals surface area contributed by atoms with Crippen LogP contribution in [-0.2, 0) is 16.6 Å². The lowest BCUT2D eigenvalue weighted by atomic mass is 9.48. The topological polar surface area (TPSA) is 73.2 Å². The van der Waals surface area contributed by atoms with Crippen molar-refractivity contribution in [3.8, 4) is 11.5 Å². The Morgan fingerprint density at radius 3 is 2.70 bits per heavy atom. The summed E-state index contributed by atoms with van der Waals surface area (Å²) in [6.45, 7) is 4.02. The maximum atomic E-state index is 13.4. The maximum absolute atomic E-state index is 13.4. The number of nitrogens with zero attached hydrogens (tertiary/aromatic N) is 2. The van der Waals surface area contributed by atoms with Crippen molar-refractivity contribution < 1.29 is 19.7 Å². The summed E-state index contributed by atoms with van der Waals surface area (Å²) in [7, 11) is 1.85. The Bertz CT molecular complexity index is 1280. The van der Waals surface area contributed by atoms with Crippen LogP contribution in [0.2, 0.25) is 0 Å². The van der Waals surface area contributed by atoms with Gasteiger partial charge in [-0.15, -0.1) is 0 Å². The smallest absolute Gasteiger partial charge is 0.246 e. The number of likely N-dealkylation sites (N-methyl/N-ethyl adjacent to an activating group) is 1. The van der Waals surface area contributed by atoms with Crippen molar-refractivity contribution in [1.82, 2.24) is 9.80 Å². The summed E-state index contributed by atoms with van der Waals surface area (Å²) in [6, 6.07) is 11.7. The first-order valence-corrected chi connectivity index (χ1v) is 13.8. The molecule has 2 saturated carbocycles. The molecule has 2 aromatic rings. The van der Waals surface area contributed by atoms with Crippen LogP contribution in [0.15, 0.2) is 42.5 Å². The summed E-state index contributed by atoms with van der Waals surface area (Å²) in [5.74, 6) is 1.34. The number of aliphatic hydroxyl groups is 1. The van der Waals surface area contributed by atoms with Gasteiger partial charge >= 0.3 is 0 Å². The Labute approximate surface area is 218 Å². The van der Waals surface area contributed by atoms with Gasteiger partial charge in [-0.3, -0.25) is 9.69 Å². The molecule has 6 nitrogen and oxygen atoms in total. The summed E-state index contributed by atoms with van der Waals surface area (Å²) in [5, 5.41) is 23.4. The Morgan fingerprint density at radius 2 is 1.95 bits per heavy atom. The van der Waals surface area contributed by atoms with Crippen molar-refractivity contribution in [2.24, 2.45) is 5.92 Å². The van der Waals surface area contributed by atoms with Gasteiger partial charge < -0.3 is 19.8 Å². The highest BCUT2D eigenvalue weighted by Crippen LogP contribution is 2.66. The molecule has 3 fully saturated rings. The zero-order chi connectivity index (χ0) is 25.5. The second kappa shape index (κ2) is 8.08. The van der Waals surface area contributed by atoms with E-state index < -0.39 is 11.0 Å². The van der Waals surface area contributed by atoms with Crippen LogP contribution in [0.25, 0.3) is 6.08 Å². The average Bonchev–Trinajstić information content (AvgIpc) is 3.63. The quantitative estimate of drug-likeness (QED) is 0.611. The number of hydrogen-bond donors (Lipinski definition) is 2. The number of phenolic OH excluding ortho intramolecular Hbond substituents is 1. The standard InChI is InChI=1S/C31H36N2O4/c1-19-3-5-20(6-4-19)9-12-26(35)32(2)23-13-14-31(36)25-17-22-10-11-24(34)28-27(22)30(31,29(23)37-28)15-16-33(25)18-21-7-8-21/h3-6,9-12,21,23,25,29,34,36H,7-8,13-18H2,1-2H3/b12-9+/t23-,25+,29+,30+,31-/m1/s1. The van der Waals surface area contributed by atoms with E-state index in [0.717, 1.165) is 43.0 Å². The van der Waals surface area contributed by atoms with Crippen LogP contribution < -0.4 is 4.74 Å². The zero-order valence-corrected chi connectivity index (χ0v) is 21.7. The molecule has 2 bridgehead atoms. The fourth-order valence-corrected chi connectivity index (χ4v) is 7.98. The van der Waals surface area contributed by atoms with Gasteiger partial charge in [0.2, 0.25) is 5.91 Å². The van der Waals surface area contributed by atoms with Crippen LogP contribution in [0.4, 0.5) is 0 Å². The Kier molecular flexibility index (Phi) is 5.09. The van der Waals surface area contributed by atoms with Gasteiger partial charge in [-0.05, 0) is 81.2 Å².